The standard InChI is InChI=1S/C18H13ClN2O4S/c19-12-2-4-13(5-3-12)20-9-21-17(22)16(26-18(21)23)8-11-1-6-14-15(7-11)25-10-24-14/h1-8,20H,9-10H2. The van der Waals surface area contributed by atoms with Gasteiger partial charge in [-0.05, 0) is 59.8 Å². The molecule has 4 rings (SSSR count). The highest BCUT2D eigenvalue weighted by Crippen LogP contribution is 2.36. The first-order valence-electron chi connectivity index (χ1n) is 7.74. The number of anilines is 1. The highest BCUT2D eigenvalue weighted by atomic mass is 35.5. The van der Waals surface area contributed by atoms with Crippen LogP contribution in [0, 0.1) is 0 Å². The first kappa shape index (κ1) is 16.8. The smallest absolute Gasteiger partial charge is 0.295 e. The molecule has 2 heterocycles. The molecule has 2 aromatic rings. The van der Waals surface area contributed by atoms with E-state index in [4.69, 9.17) is 21.1 Å². The molecule has 2 aromatic carbocycles. The number of imide groups is 1. The normalized spacial score (nSPS) is 17.3. The number of halogens is 1. The Morgan fingerprint density at radius 2 is 1.88 bits per heavy atom. The number of thioether (sulfide) groups is 1. The average Bonchev–Trinajstić information content (AvgIpc) is 3.20. The van der Waals surface area contributed by atoms with Gasteiger partial charge >= 0.3 is 0 Å². The number of nitrogens with zero attached hydrogens (tertiary/aromatic N) is 1. The van der Waals surface area contributed by atoms with Crippen molar-refractivity contribution < 1.29 is 19.1 Å². The lowest BCUT2D eigenvalue weighted by atomic mass is 10.2. The van der Waals surface area contributed by atoms with Crippen molar-refractivity contribution in [3.8, 4) is 11.5 Å². The van der Waals surface area contributed by atoms with Gasteiger partial charge in [0.2, 0.25) is 6.79 Å². The van der Waals surface area contributed by atoms with Crippen LogP contribution in [0.3, 0.4) is 0 Å². The molecule has 0 radical (unpaired) electrons. The van der Waals surface area contributed by atoms with Crippen molar-refractivity contribution in [3.63, 3.8) is 0 Å². The fraction of sp³-hybridized carbons (Fsp3) is 0.111. The predicted molar refractivity (Wildman–Crippen MR) is 100 cm³/mol. The number of carbonyl (C=O) groups is 2. The molecule has 0 atom stereocenters. The predicted octanol–water partition coefficient (Wildman–Crippen LogP) is 4.17. The molecule has 0 saturated carbocycles. The first-order valence-corrected chi connectivity index (χ1v) is 8.94. The zero-order chi connectivity index (χ0) is 18.1. The molecule has 26 heavy (non-hydrogen) atoms. The molecule has 2 amide bonds. The van der Waals surface area contributed by atoms with Crippen molar-refractivity contribution in [1.29, 1.82) is 0 Å². The molecule has 8 heteroatoms. The van der Waals surface area contributed by atoms with Crippen molar-refractivity contribution in [2.75, 3.05) is 18.8 Å². The van der Waals surface area contributed by atoms with Gasteiger partial charge in [-0.2, -0.15) is 0 Å². The number of carbonyl (C=O) groups excluding carboxylic acids is 2. The monoisotopic (exact) mass is 388 g/mol. The quantitative estimate of drug-likeness (QED) is 0.793. The van der Waals surface area contributed by atoms with Gasteiger partial charge in [-0.15, -0.1) is 0 Å². The zero-order valence-electron chi connectivity index (χ0n) is 13.4. The summed E-state index contributed by atoms with van der Waals surface area (Å²) in [6.07, 6.45) is 1.68. The van der Waals surface area contributed by atoms with Gasteiger partial charge in [-0.1, -0.05) is 17.7 Å². The van der Waals surface area contributed by atoms with E-state index in [1.165, 1.54) is 0 Å². The number of hydrogen-bond acceptors (Lipinski definition) is 6. The van der Waals surface area contributed by atoms with E-state index in [9.17, 15) is 9.59 Å². The summed E-state index contributed by atoms with van der Waals surface area (Å²) in [6.45, 7) is 0.274. The van der Waals surface area contributed by atoms with Gasteiger partial charge in [-0.25, -0.2) is 0 Å². The Labute approximate surface area is 158 Å². The van der Waals surface area contributed by atoms with Crippen LogP contribution in [0.25, 0.3) is 6.08 Å². The van der Waals surface area contributed by atoms with E-state index >= 15 is 0 Å². The average molecular weight is 389 g/mol. The number of amides is 2. The number of rotatable bonds is 4. The molecule has 132 valence electrons. The fourth-order valence-electron chi connectivity index (χ4n) is 2.53. The van der Waals surface area contributed by atoms with Crippen molar-refractivity contribution in [3.05, 3.63) is 58.0 Å². The lowest BCUT2D eigenvalue weighted by Crippen LogP contribution is -2.33. The van der Waals surface area contributed by atoms with Gasteiger partial charge in [0.15, 0.2) is 11.5 Å². The van der Waals surface area contributed by atoms with Crippen LogP contribution in [0.4, 0.5) is 10.5 Å². The maximum atomic E-state index is 12.5. The summed E-state index contributed by atoms with van der Waals surface area (Å²) < 4.78 is 10.6. The molecule has 1 fully saturated rings. The minimum Gasteiger partial charge on any atom is -0.454 e. The molecule has 2 aliphatic rings. The maximum Gasteiger partial charge on any atom is 0.295 e. The van der Waals surface area contributed by atoms with Crippen molar-refractivity contribution in [2.24, 2.45) is 0 Å². The second-order valence-electron chi connectivity index (χ2n) is 5.56. The SMILES string of the molecule is O=C1SC(=Cc2ccc3c(c2)OCO3)C(=O)N1CNc1ccc(Cl)cc1. The molecule has 1 saturated heterocycles. The van der Waals surface area contributed by atoms with Crippen LogP contribution in [0.1, 0.15) is 5.56 Å². The minimum absolute atomic E-state index is 0.0881. The van der Waals surface area contributed by atoms with Gasteiger partial charge in [0.25, 0.3) is 11.1 Å². The molecule has 2 aliphatic heterocycles. The van der Waals surface area contributed by atoms with E-state index in [0.717, 1.165) is 27.9 Å². The van der Waals surface area contributed by atoms with Crippen LogP contribution in [0.5, 0.6) is 11.5 Å². The molecular weight excluding hydrogens is 376 g/mol. The highest BCUT2D eigenvalue weighted by Gasteiger charge is 2.34. The van der Waals surface area contributed by atoms with Crippen molar-refractivity contribution >= 4 is 46.3 Å². The summed E-state index contributed by atoms with van der Waals surface area (Å²) in [5.41, 5.74) is 1.54. The topological polar surface area (TPSA) is 67.9 Å². The number of benzene rings is 2. The van der Waals surface area contributed by atoms with Crippen LogP contribution in [-0.4, -0.2) is 29.5 Å². The van der Waals surface area contributed by atoms with Gasteiger partial charge in [0, 0.05) is 10.7 Å². The molecule has 0 aromatic heterocycles. The Hall–Kier alpha value is -2.64. The summed E-state index contributed by atoms with van der Waals surface area (Å²) in [5.74, 6) is 0.962. The molecule has 0 unspecified atom stereocenters. The van der Waals surface area contributed by atoms with E-state index < -0.39 is 0 Å². The summed E-state index contributed by atoms with van der Waals surface area (Å²) in [5, 5.41) is 3.34. The summed E-state index contributed by atoms with van der Waals surface area (Å²) in [4.78, 5) is 26.2. The summed E-state index contributed by atoms with van der Waals surface area (Å²) in [6, 6.07) is 12.4. The Morgan fingerprint density at radius 1 is 1.12 bits per heavy atom. The second kappa shape index (κ2) is 6.93. The van der Waals surface area contributed by atoms with Crippen LogP contribution in [0.2, 0.25) is 5.02 Å². The minimum atomic E-state index is -0.334. The second-order valence-corrected chi connectivity index (χ2v) is 6.99. The fourth-order valence-corrected chi connectivity index (χ4v) is 3.49. The van der Waals surface area contributed by atoms with Crippen LogP contribution < -0.4 is 14.8 Å². The molecular formula is C18H13ClN2O4S. The van der Waals surface area contributed by atoms with Crippen LogP contribution >= 0.6 is 23.4 Å². The van der Waals surface area contributed by atoms with E-state index in [-0.39, 0.29) is 24.6 Å². The Kier molecular flexibility index (Phi) is 4.48. The Morgan fingerprint density at radius 3 is 2.69 bits per heavy atom. The van der Waals surface area contributed by atoms with E-state index in [1.807, 2.05) is 6.07 Å². The summed E-state index contributed by atoms with van der Waals surface area (Å²) >= 11 is 6.76. The van der Waals surface area contributed by atoms with Gasteiger partial charge < -0.3 is 14.8 Å². The Balaban J connectivity index is 1.47. The van der Waals surface area contributed by atoms with Crippen molar-refractivity contribution in [1.82, 2.24) is 4.90 Å². The van der Waals surface area contributed by atoms with Gasteiger partial charge in [0.05, 0.1) is 11.6 Å². The molecule has 0 spiro atoms. The van der Waals surface area contributed by atoms with Gasteiger partial charge in [0.1, 0.15) is 0 Å². The molecule has 0 aliphatic carbocycles. The molecule has 0 bridgehead atoms. The highest BCUT2D eigenvalue weighted by molar-refractivity contribution is 8.18. The lowest BCUT2D eigenvalue weighted by Gasteiger charge is -2.14. The Bertz CT molecular complexity index is 914. The first-order chi connectivity index (χ1) is 12.6. The largest absolute Gasteiger partial charge is 0.454 e. The number of nitrogens with one attached hydrogen (secondary N) is 1. The summed E-state index contributed by atoms with van der Waals surface area (Å²) in [7, 11) is 0. The molecule has 1 N–H and O–H groups in total. The van der Waals surface area contributed by atoms with Gasteiger partial charge in [-0.3, -0.25) is 14.5 Å². The van der Waals surface area contributed by atoms with Crippen LogP contribution in [-0.2, 0) is 4.79 Å². The van der Waals surface area contributed by atoms with E-state index in [2.05, 4.69) is 5.32 Å². The number of ether oxygens (including phenoxy) is 2. The molecule has 6 nitrogen and oxygen atoms in total. The third kappa shape index (κ3) is 3.36. The number of fused-ring (bicyclic) bond motifs is 1. The maximum absolute atomic E-state index is 12.5. The number of hydrogen-bond donors (Lipinski definition) is 1. The van der Waals surface area contributed by atoms with E-state index in [1.54, 1.807) is 42.5 Å². The van der Waals surface area contributed by atoms with Crippen LogP contribution in [0.15, 0.2) is 47.4 Å². The van der Waals surface area contributed by atoms with Crippen molar-refractivity contribution in [2.45, 2.75) is 0 Å². The van der Waals surface area contributed by atoms with E-state index in [0.29, 0.717) is 21.4 Å². The third-order valence-electron chi connectivity index (χ3n) is 3.85. The third-order valence-corrected chi connectivity index (χ3v) is 5.01. The zero-order valence-corrected chi connectivity index (χ0v) is 15.0. The lowest BCUT2D eigenvalue weighted by molar-refractivity contribution is -0.122.